The molecule has 5 nitrogen and oxygen atoms in total. The fraction of sp³-hybridized carbons (Fsp3) is 0.833. The van der Waals surface area contributed by atoms with Crippen molar-refractivity contribution in [3.05, 3.63) is 0 Å². The van der Waals surface area contributed by atoms with Gasteiger partial charge < -0.3 is 16.0 Å². The van der Waals surface area contributed by atoms with Gasteiger partial charge in [-0.25, -0.2) is 0 Å². The molecule has 3 N–H and O–H groups in total. The summed E-state index contributed by atoms with van der Waals surface area (Å²) in [5, 5.41) is 8.76. The molecule has 17 heavy (non-hydrogen) atoms. The molecule has 1 saturated heterocycles. The molecular weight excluding hydrogens is 218 g/mol. The highest BCUT2D eigenvalue weighted by Gasteiger charge is 2.19. The van der Waals surface area contributed by atoms with Gasteiger partial charge in [0.1, 0.15) is 0 Å². The molecule has 0 aromatic carbocycles. The van der Waals surface area contributed by atoms with E-state index in [-0.39, 0.29) is 23.9 Å². The lowest BCUT2D eigenvalue weighted by Gasteiger charge is -2.22. The SMILES string of the molecule is CC(C)NC(=O)CCNC(=O)[C@@H]1CCCCN1. The molecule has 0 spiro atoms. The van der Waals surface area contributed by atoms with E-state index in [0.29, 0.717) is 13.0 Å². The van der Waals surface area contributed by atoms with Gasteiger partial charge in [0.15, 0.2) is 0 Å². The van der Waals surface area contributed by atoms with E-state index < -0.39 is 0 Å². The minimum atomic E-state index is -0.0723. The Hall–Kier alpha value is -1.10. The zero-order valence-corrected chi connectivity index (χ0v) is 10.7. The Morgan fingerprint density at radius 2 is 2.12 bits per heavy atom. The average Bonchev–Trinajstić information content (AvgIpc) is 2.29. The fourth-order valence-corrected chi connectivity index (χ4v) is 1.89. The number of amides is 2. The van der Waals surface area contributed by atoms with Gasteiger partial charge in [-0.2, -0.15) is 0 Å². The van der Waals surface area contributed by atoms with Crippen LogP contribution in [0.4, 0.5) is 0 Å². The van der Waals surface area contributed by atoms with Crippen molar-refractivity contribution in [2.24, 2.45) is 0 Å². The second-order valence-electron chi connectivity index (χ2n) is 4.77. The summed E-state index contributed by atoms with van der Waals surface area (Å²) in [5.74, 6) is -0.000972. The van der Waals surface area contributed by atoms with Crippen molar-refractivity contribution in [1.82, 2.24) is 16.0 Å². The average molecular weight is 241 g/mol. The van der Waals surface area contributed by atoms with Crippen LogP contribution in [0.1, 0.15) is 39.5 Å². The number of carbonyl (C=O) groups excluding carboxylic acids is 2. The standard InChI is InChI=1S/C12H23N3O2/c1-9(2)15-11(16)6-8-14-12(17)10-5-3-4-7-13-10/h9-10,13H,3-8H2,1-2H3,(H,14,17)(H,15,16)/t10-/m0/s1. The second-order valence-corrected chi connectivity index (χ2v) is 4.77. The van der Waals surface area contributed by atoms with Crippen LogP contribution in [-0.2, 0) is 9.59 Å². The molecule has 1 aliphatic rings. The van der Waals surface area contributed by atoms with Crippen LogP contribution in [0.5, 0.6) is 0 Å². The van der Waals surface area contributed by atoms with Gasteiger partial charge in [0.25, 0.3) is 0 Å². The minimum absolute atomic E-state index is 0.0158. The smallest absolute Gasteiger partial charge is 0.237 e. The van der Waals surface area contributed by atoms with Gasteiger partial charge in [0.2, 0.25) is 11.8 Å². The summed E-state index contributed by atoms with van der Waals surface area (Å²) in [6, 6.07) is 0.0788. The predicted octanol–water partition coefficient (Wildman–Crippen LogP) is 0.159. The quantitative estimate of drug-likeness (QED) is 0.642. The van der Waals surface area contributed by atoms with Crippen molar-refractivity contribution >= 4 is 11.8 Å². The van der Waals surface area contributed by atoms with Crippen LogP contribution in [0.25, 0.3) is 0 Å². The van der Waals surface area contributed by atoms with Crippen molar-refractivity contribution < 1.29 is 9.59 Å². The molecule has 0 aromatic rings. The van der Waals surface area contributed by atoms with E-state index in [0.717, 1.165) is 25.8 Å². The topological polar surface area (TPSA) is 70.2 Å². The van der Waals surface area contributed by atoms with E-state index in [1.807, 2.05) is 13.8 Å². The van der Waals surface area contributed by atoms with Crippen molar-refractivity contribution in [2.45, 2.75) is 51.6 Å². The van der Waals surface area contributed by atoms with Crippen LogP contribution in [0.15, 0.2) is 0 Å². The molecule has 1 aliphatic heterocycles. The normalized spacial score (nSPS) is 20.1. The molecule has 0 radical (unpaired) electrons. The molecule has 2 amide bonds. The number of piperidine rings is 1. The second kappa shape index (κ2) is 7.27. The molecule has 98 valence electrons. The fourth-order valence-electron chi connectivity index (χ4n) is 1.89. The Morgan fingerprint density at radius 1 is 1.35 bits per heavy atom. The molecule has 1 heterocycles. The van der Waals surface area contributed by atoms with Crippen LogP contribution < -0.4 is 16.0 Å². The molecule has 0 bridgehead atoms. The Bertz CT molecular complexity index is 260. The molecule has 0 saturated carbocycles. The van der Waals surface area contributed by atoms with E-state index in [1.54, 1.807) is 0 Å². The van der Waals surface area contributed by atoms with Gasteiger partial charge in [0, 0.05) is 19.0 Å². The van der Waals surface area contributed by atoms with Gasteiger partial charge >= 0.3 is 0 Å². The van der Waals surface area contributed by atoms with Gasteiger partial charge in [-0.15, -0.1) is 0 Å². The Balaban J connectivity index is 2.13. The van der Waals surface area contributed by atoms with Crippen molar-refractivity contribution in [3.8, 4) is 0 Å². The Kier molecular flexibility index (Phi) is 5.97. The summed E-state index contributed by atoms with van der Waals surface area (Å²) in [5.41, 5.74) is 0. The predicted molar refractivity (Wildman–Crippen MR) is 66.5 cm³/mol. The van der Waals surface area contributed by atoms with Gasteiger partial charge in [-0.1, -0.05) is 6.42 Å². The highest BCUT2D eigenvalue weighted by Crippen LogP contribution is 2.06. The van der Waals surface area contributed by atoms with Gasteiger partial charge in [-0.05, 0) is 33.2 Å². The van der Waals surface area contributed by atoms with Crippen LogP contribution in [-0.4, -0.2) is 37.0 Å². The van der Waals surface area contributed by atoms with E-state index in [1.165, 1.54) is 0 Å². The summed E-state index contributed by atoms with van der Waals surface area (Å²) in [6.45, 7) is 5.16. The first kappa shape index (κ1) is 14.0. The molecule has 1 rings (SSSR count). The number of hydrogen-bond acceptors (Lipinski definition) is 3. The first-order valence-corrected chi connectivity index (χ1v) is 6.40. The Morgan fingerprint density at radius 3 is 2.71 bits per heavy atom. The first-order valence-electron chi connectivity index (χ1n) is 6.40. The third kappa shape index (κ3) is 5.68. The maximum atomic E-state index is 11.7. The van der Waals surface area contributed by atoms with Gasteiger partial charge in [0.05, 0.1) is 6.04 Å². The third-order valence-corrected chi connectivity index (χ3v) is 2.73. The van der Waals surface area contributed by atoms with Crippen LogP contribution in [0, 0.1) is 0 Å². The lowest BCUT2D eigenvalue weighted by atomic mass is 10.0. The molecule has 0 aliphatic carbocycles. The van der Waals surface area contributed by atoms with E-state index in [4.69, 9.17) is 0 Å². The summed E-state index contributed by atoms with van der Waals surface area (Å²) in [4.78, 5) is 23.0. The Labute approximate surface area is 103 Å². The highest BCUT2D eigenvalue weighted by molar-refractivity contribution is 5.82. The molecule has 1 fully saturated rings. The zero-order valence-electron chi connectivity index (χ0n) is 10.7. The summed E-state index contributed by atoms with van der Waals surface area (Å²) >= 11 is 0. The van der Waals surface area contributed by atoms with E-state index in [2.05, 4.69) is 16.0 Å². The van der Waals surface area contributed by atoms with Gasteiger partial charge in [-0.3, -0.25) is 9.59 Å². The van der Waals surface area contributed by atoms with Crippen molar-refractivity contribution in [1.29, 1.82) is 0 Å². The lowest BCUT2D eigenvalue weighted by Crippen LogP contribution is -2.47. The van der Waals surface area contributed by atoms with E-state index >= 15 is 0 Å². The number of carbonyl (C=O) groups is 2. The highest BCUT2D eigenvalue weighted by atomic mass is 16.2. The molecule has 0 aromatic heterocycles. The maximum Gasteiger partial charge on any atom is 0.237 e. The number of nitrogens with one attached hydrogen (secondary N) is 3. The van der Waals surface area contributed by atoms with Crippen molar-refractivity contribution in [3.63, 3.8) is 0 Å². The van der Waals surface area contributed by atoms with Crippen molar-refractivity contribution in [2.75, 3.05) is 13.1 Å². The first-order chi connectivity index (χ1) is 8.09. The molecule has 0 unspecified atom stereocenters. The van der Waals surface area contributed by atoms with Crippen LogP contribution >= 0.6 is 0 Å². The molecule has 1 atom stereocenters. The number of rotatable bonds is 5. The number of hydrogen-bond donors (Lipinski definition) is 3. The zero-order chi connectivity index (χ0) is 12.7. The maximum absolute atomic E-state index is 11.7. The lowest BCUT2D eigenvalue weighted by molar-refractivity contribution is -0.124. The third-order valence-electron chi connectivity index (χ3n) is 2.73. The summed E-state index contributed by atoms with van der Waals surface area (Å²) in [6.07, 6.45) is 3.47. The van der Waals surface area contributed by atoms with Crippen LogP contribution in [0.3, 0.4) is 0 Å². The van der Waals surface area contributed by atoms with E-state index in [9.17, 15) is 9.59 Å². The monoisotopic (exact) mass is 241 g/mol. The summed E-state index contributed by atoms with van der Waals surface area (Å²) in [7, 11) is 0. The minimum Gasteiger partial charge on any atom is -0.354 e. The molecule has 5 heteroatoms. The summed E-state index contributed by atoms with van der Waals surface area (Å²) < 4.78 is 0. The largest absolute Gasteiger partial charge is 0.354 e. The van der Waals surface area contributed by atoms with Crippen LogP contribution in [0.2, 0.25) is 0 Å². The molecular formula is C12H23N3O2.